The van der Waals surface area contributed by atoms with Crippen LogP contribution in [0.5, 0.6) is 0 Å². The van der Waals surface area contributed by atoms with E-state index in [1.807, 2.05) is 24.3 Å². The molecule has 2 amide bonds. The highest BCUT2D eigenvalue weighted by molar-refractivity contribution is 6.34. The van der Waals surface area contributed by atoms with Gasteiger partial charge in [0, 0.05) is 27.4 Å². The Bertz CT molecular complexity index is 1080. The highest BCUT2D eigenvalue weighted by atomic mass is 35.5. The minimum absolute atomic E-state index is 0.00696. The molecular formula is C22H16Cl2N2O3. The SMILES string of the molecule is O=C1[C@@H]2[C@H]3C[C@@H]([C@H]4ON=C(c5ccccc5Cl)[C@@H]34)[C@H]2C(=O)N1c1ccc(Cl)cc1. The van der Waals surface area contributed by atoms with Gasteiger partial charge in [0.2, 0.25) is 11.8 Å². The summed E-state index contributed by atoms with van der Waals surface area (Å²) in [6.07, 6.45) is 0.634. The lowest BCUT2D eigenvalue weighted by atomic mass is 9.71. The summed E-state index contributed by atoms with van der Waals surface area (Å²) in [7, 11) is 0. The Morgan fingerprint density at radius 1 is 0.897 bits per heavy atom. The quantitative estimate of drug-likeness (QED) is 0.677. The van der Waals surface area contributed by atoms with Crippen LogP contribution in [-0.4, -0.2) is 23.6 Å². The second-order valence-electron chi connectivity index (χ2n) is 8.16. The average Bonchev–Trinajstić information content (AvgIpc) is 3.44. The number of fused-ring (bicyclic) bond motifs is 8. The minimum Gasteiger partial charge on any atom is -0.391 e. The van der Waals surface area contributed by atoms with Gasteiger partial charge in [0.1, 0.15) is 6.10 Å². The first-order valence-corrected chi connectivity index (χ1v) is 10.4. The maximum absolute atomic E-state index is 13.3. The normalized spacial score (nSPS) is 34.3. The van der Waals surface area contributed by atoms with Gasteiger partial charge in [-0.05, 0) is 42.7 Å². The zero-order valence-corrected chi connectivity index (χ0v) is 16.7. The molecule has 2 aromatic rings. The van der Waals surface area contributed by atoms with Crippen LogP contribution in [0.15, 0.2) is 53.7 Å². The number of hydrogen-bond acceptors (Lipinski definition) is 4. The molecule has 2 aromatic carbocycles. The molecule has 6 rings (SSSR count). The van der Waals surface area contributed by atoms with Crippen molar-refractivity contribution in [2.24, 2.45) is 34.7 Å². The summed E-state index contributed by atoms with van der Waals surface area (Å²) >= 11 is 12.4. The molecule has 0 aromatic heterocycles. The van der Waals surface area contributed by atoms with E-state index in [2.05, 4.69) is 5.16 Å². The van der Waals surface area contributed by atoms with E-state index in [0.29, 0.717) is 15.7 Å². The second kappa shape index (κ2) is 6.07. The van der Waals surface area contributed by atoms with Crippen molar-refractivity contribution in [1.82, 2.24) is 0 Å². The summed E-state index contributed by atoms with van der Waals surface area (Å²) in [5.41, 5.74) is 2.22. The van der Waals surface area contributed by atoms with Crippen LogP contribution in [0.1, 0.15) is 12.0 Å². The maximum Gasteiger partial charge on any atom is 0.238 e. The molecule has 4 aliphatic rings. The molecule has 0 spiro atoms. The predicted octanol–water partition coefficient (Wildman–Crippen LogP) is 4.17. The Morgan fingerprint density at radius 2 is 1.59 bits per heavy atom. The van der Waals surface area contributed by atoms with Crippen LogP contribution in [-0.2, 0) is 14.4 Å². The fourth-order valence-corrected chi connectivity index (χ4v) is 6.22. The van der Waals surface area contributed by atoms with Crippen LogP contribution in [0.4, 0.5) is 5.69 Å². The van der Waals surface area contributed by atoms with Crippen molar-refractivity contribution in [3.05, 3.63) is 64.1 Å². The van der Waals surface area contributed by atoms with Crippen LogP contribution in [0.3, 0.4) is 0 Å². The second-order valence-corrected chi connectivity index (χ2v) is 9.00. The summed E-state index contributed by atoms with van der Waals surface area (Å²) in [6.45, 7) is 0. The Kier molecular flexibility index (Phi) is 3.66. The molecule has 29 heavy (non-hydrogen) atoms. The topological polar surface area (TPSA) is 59.0 Å². The van der Waals surface area contributed by atoms with E-state index >= 15 is 0 Å². The first kappa shape index (κ1) is 17.5. The Hall–Kier alpha value is -2.37. The first-order chi connectivity index (χ1) is 14.1. The zero-order chi connectivity index (χ0) is 19.9. The number of benzene rings is 2. The highest BCUT2D eigenvalue weighted by Gasteiger charge is 2.70. The number of imide groups is 1. The fourth-order valence-electron chi connectivity index (χ4n) is 5.86. The number of anilines is 1. The van der Waals surface area contributed by atoms with E-state index < -0.39 is 0 Å². The number of amides is 2. The number of rotatable bonds is 2. The van der Waals surface area contributed by atoms with Crippen molar-refractivity contribution in [1.29, 1.82) is 0 Å². The molecule has 7 heteroatoms. The number of carbonyl (C=O) groups excluding carboxylic acids is 2. The summed E-state index contributed by atoms with van der Waals surface area (Å²) in [4.78, 5) is 33.7. The average molecular weight is 427 g/mol. The van der Waals surface area contributed by atoms with E-state index in [4.69, 9.17) is 28.0 Å². The van der Waals surface area contributed by atoms with Crippen molar-refractivity contribution in [2.75, 3.05) is 4.90 Å². The lowest BCUT2D eigenvalue weighted by Gasteiger charge is -2.30. The molecule has 5 nitrogen and oxygen atoms in total. The van der Waals surface area contributed by atoms with E-state index in [9.17, 15) is 9.59 Å². The third-order valence-corrected chi connectivity index (χ3v) is 7.51. The molecule has 2 aliphatic carbocycles. The molecule has 6 atom stereocenters. The molecule has 2 saturated carbocycles. The van der Waals surface area contributed by atoms with Gasteiger partial charge in [0.05, 0.1) is 23.2 Å². The van der Waals surface area contributed by atoms with Gasteiger partial charge in [0.25, 0.3) is 0 Å². The van der Waals surface area contributed by atoms with Gasteiger partial charge in [-0.1, -0.05) is 46.6 Å². The van der Waals surface area contributed by atoms with Gasteiger partial charge in [-0.2, -0.15) is 0 Å². The fraction of sp³-hybridized carbons (Fsp3) is 0.318. The number of carbonyl (C=O) groups is 2. The standard InChI is InChI=1S/C22H16Cl2N2O3/c23-10-5-7-11(8-6-10)26-21(27)16-13-9-14(17(16)22(26)28)20-18(13)19(25-29-20)12-3-1-2-4-15(12)24/h1-8,13-14,16-18,20H,9H2/t13-,14-,16-,17-,18-,20-/m1/s1. The van der Waals surface area contributed by atoms with Gasteiger partial charge in [-0.3, -0.25) is 14.5 Å². The van der Waals surface area contributed by atoms with Crippen molar-refractivity contribution >= 4 is 46.4 Å². The van der Waals surface area contributed by atoms with Crippen LogP contribution in [0, 0.1) is 29.6 Å². The summed E-state index contributed by atoms with van der Waals surface area (Å²) < 4.78 is 0. The van der Waals surface area contributed by atoms with Crippen molar-refractivity contribution in [3.63, 3.8) is 0 Å². The zero-order valence-electron chi connectivity index (χ0n) is 15.2. The molecule has 0 unspecified atom stereocenters. The monoisotopic (exact) mass is 426 g/mol. The smallest absolute Gasteiger partial charge is 0.238 e. The van der Waals surface area contributed by atoms with Gasteiger partial charge >= 0.3 is 0 Å². The van der Waals surface area contributed by atoms with Crippen LogP contribution in [0.2, 0.25) is 10.0 Å². The van der Waals surface area contributed by atoms with Crippen molar-refractivity contribution in [3.8, 4) is 0 Å². The van der Waals surface area contributed by atoms with Gasteiger partial charge < -0.3 is 4.84 Å². The van der Waals surface area contributed by atoms with Gasteiger partial charge in [-0.15, -0.1) is 0 Å². The lowest BCUT2D eigenvalue weighted by molar-refractivity contribution is -0.125. The molecule has 2 bridgehead atoms. The van der Waals surface area contributed by atoms with E-state index in [1.54, 1.807) is 24.3 Å². The van der Waals surface area contributed by atoms with Crippen molar-refractivity contribution < 1.29 is 14.4 Å². The molecule has 146 valence electrons. The van der Waals surface area contributed by atoms with E-state index in [-0.39, 0.29) is 47.5 Å². The number of halogens is 2. The molecule has 1 saturated heterocycles. The Morgan fingerprint density at radius 3 is 2.31 bits per heavy atom. The maximum atomic E-state index is 13.3. The summed E-state index contributed by atoms with van der Waals surface area (Å²) in [6, 6.07) is 14.4. The van der Waals surface area contributed by atoms with Crippen LogP contribution in [0.25, 0.3) is 0 Å². The first-order valence-electron chi connectivity index (χ1n) is 9.68. The Labute approximate surface area is 177 Å². The summed E-state index contributed by atoms with van der Waals surface area (Å²) in [5, 5.41) is 5.52. The molecule has 3 fully saturated rings. The number of hydrogen-bond donors (Lipinski definition) is 0. The third kappa shape index (κ3) is 2.26. The number of oxime groups is 1. The molecule has 0 N–H and O–H groups in total. The molecule has 0 radical (unpaired) electrons. The molecular weight excluding hydrogens is 411 g/mol. The number of nitrogens with zero attached hydrogens (tertiary/aromatic N) is 2. The van der Waals surface area contributed by atoms with E-state index in [1.165, 1.54) is 4.90 Å². The van der Waals surface area contributed by atoms with Crippen LogP contribution >= 0.6 is 23.2 Å². The minimum atomic E-state index is -0.342. The third-order valence-electron chi connectivity index (χ3n) is 6.93. The Balaban J connectivity index is 1.37. The van der Waals surface area contributed by atoms with Crippen molar-refractivity contribution in [2.45, 2.75) is 12.5 Å². The molecule has 2 heterocycles. The predicted molar refractivity (Wildman–Crippen MR) is 109 cm³/mol. The summed E-state index contributed by atoms with van der Waals surface area (Å²) in [5.74, 6) is -0.928. The lowest BCUT2D eigenvalue weighted by Crippen LogP contribution is -2.41. The van der Waals surface area contributed by atoms with Gasteiger partial charge in [-0.25, -0.2) is 0 Å². The van der Waals surface area contributed by atoms with E-state index in [0.717, 1.165) is 17.7 Å². The van der Waals surface area contributed by atoms with Gasteiger partial charge in [0.15, 0.2) is 0 Å². The largest absolute Gasteiger partial charge is 0.391 e. The molecule has 2 aliphatic heterocycles. The highest BCUT2D eigenvalue weighted by Crippen LogP contribution is 2.62. The van der Waals surface area contributed by atoms with Crippen LogP contribution < -0.4 is 4.90 Å².